The van der Waals surface area contributed by atoms with Gasteiger partial charge in [-0.25, -0.2) is 4.98 Å². The topological polar surface area (TPSA) is 84.1 Å². The Bertz CT molecular complexity index is 1930. The van der Waals surface area contributed by atoms with Crippen LogP contribution in [0.4, 0.5) is 0 Å². The molecule has 0 amide bonds. The lowest BCUT2D eigenvalue weighted by atomic mass is 9.79. The molecule has 0 saturated carbocycles. The quantitative estimate of drug-likeness (QED) is 0.288. The molecule has 0 aliphatic heterocycles. The molecule has 0 fully saturated rings. The van der Waals surface area contributed by atoms with E-state index in [1.165, 1.54) is 0 Å². The summed E-state index contributed by atoms with van der Waals surface area (Å²) in [5.41, 5.74) is 8.16. The molecule has 2 N–H and O–H groups in total. The molecule has 0 bridgehead atoms. The Hall–Kier alpha value is -5.11. The summed E-state index contributed by atoms with van der Waals surface area (Å²) in [5, 5.41) is 22.5. The smallest absolute Gasteiger partial charge is 0.423 e. The first kappa shape index (κ1) is 24.0. The third-order valence-electron chi connectivity index (χ3n) is 7.12. The summed E-state index contributed by atoms with van der Waals surface area (Å²) in [6.07, 6.45) is 3.53. The van der Waals surface area contributed by atoms with Gasteiger partial charge < -0.3 is 14.6 Å². The van der Waals surface area contributed by atoms with Crippen LogP contribution < -0.4 is 5.46 Å². The third-order valence-corrected chi connectivity index (χ3v) is 7.12. The van der Waals surface area contributed by atoms with Crippen LogP contribution in [0.3, 0.4) is 0 Å². The highest BCUT2D eigenvalue weighted by molar-refractivity contribution is 6.62. The van der Waals surface area contributed by atoms with Gasteiger partial charge in [0.2, 0.25) is 0 Å². The van der Waals surface area contributed by atoms with Crippen LogP contribution >= 0.6 is 0 Å². The Morgan fingerprint density at radius 3 is 1.88 bits per heavy atom. The second kappa shape index (κ2) is 9.89. The molecule has 0 atom stereocenters. The molecule has 7 aromatic rings. The largest absolute Gasteiger partial charge is 0.490 e. The van der Waals surface area contributed by atoms with E-state index >= 15 is 0 Å². The second-order valence-corrected chi connectivity index (χ2v) is 9.58. The van der Waals surface area contributed by atoms with E-state index in [-0.39, 0.29) is 0 Å². The van der Waals surface area contributed by atoms with Crippen molar-refractivity contribution in [3.05, 3.63) is 128 Å². The lowest BCUT2D eigenvalue weighted by molar-refractivity contribution is 0.426. The summed E-state index contributed by atoms with van der Waals surface area (Å²) in [6.45, 7) is 0. The lowest BCUT2D eigenvalue weighted by Gasteiger charge is -2.14. The Balaban J connectivity index is 1.46. The van der Waals surface area contributed by atoms with Gasteiger partial charge in [-0.2, -0.15) is 0 Å². The van der Waals surface area contributed by atoms with Crippen LogP contribution in [-0.4, -0.2) is 36.7 Å². The van der Waals surface area contributed by atoms with Gasteiger partial charge in [0.1, 0.15) is 0 Å². The van der Waals surface area contributed by atoms with Gasteiger partial charge in [0.15, 0.2) is 0 Å². The van der Waals surface area contributed by atoms with Crippen LogP contribution in [-0.2, 0) is 0 Å². The van der Waals surface area contributed by atoms with Gasteiger partial charge in [0.25, 0.3) is 0 Å². The van der Waals surface area contributed by atoms with Crippen molar-refractivity contribution in [1.82, 2.24) is 19.5 Å². The highest BCUT2D eigenvalue weighted by Crippen LogP contribution is 2.34. The summed E-state index contributed by atoms with van der Waals surface area (Å²) in [4.78, 5) is 14.0. The second-order valence-electron chi connectivity index (χ2n) is 9.58. The molecule has 190 valence electrons. The molecular formula is C33H23BN4O2. The molecule has 0 unspecified atom stereocenters. The van der Waals surface area contributed by atoms with E-state index in [0.29, 0.717) is 5.46 Å². The molecule has 7 heteroatoms. The van der Waals surface area contributed by atoms with Crippen molar-refractivity contribution in [3.63, 3.8) is 0 Å². The fourth-order valence-corrected chi connectivity index (χ4v) is 5.33. The van der Waals surface area contributed by atoms with Crippen molar-refractivity contribution < 1.29 is 10.0 Å². The van der Waals surface area contributed by atoms with E-state index in [0.717, 1.165) is 61.4 Å². The molecular weight excluding hydrogens is 495 g/mol. The number of rotatable bonds is 5. The molecule has 40 heavy (non-hydrogen) atoms. The van der Waals surface area contributed by atoms with Crippen LogP contribution in [0.1, 0.15) is 0 Å². The fourth-order valence-electron chi connectivity index (χ4n) is 5.33. The van der Waals surface area contributed by atoms with Crippen LogP contribution in [0.2, 0.25) is 0 Å². The molecule has 6 nitrogen and oxygen atoms in total. The summed E-state index contributed by atoms with van der Waals surface area (Å²) >= 11 is 0. The predicted molar refractivity (Wildman–Crippen MR) is 160 cm³/mol. The van der Waals surface area contributed by atoms with Gasteiger partial charge >= 0.3 is 7.12 Å². The van der Waals surface area contributed by atoms with Crippen molar-refractivity contribution in [2.45, 2.75) is 0 Å². The van der Waals surface area contributed by atoms with Crippen LogP contribution in [0.5, 0.6) is 0 Å². The number of benzene rings is 3. The van der Waals surface area contributed by atoms with Crippen molar-refractivity contribution in [2.75, 3.05) is 0 Å². The monoisotopic (exact) mass is 518 g/mol. The van der Waals surface area contributed by atoms with Crippen molar-refractivity contribution in [3.8, 4) is 39.6 Å². The molecule has 0 aliphatic carbocycles. The summed E-state index contributed by atoms with van der Waals surface area (Å²) < 4.78 is 2.10. The SMILES string of the molecule is OB(O)c1cccc2c3ccccc3n(-c3cccc(-c4cc(-c5ccccn5)nc(-c5ccccn5)c4)c3)c12. The molecule has 0 spiro atoms. The molecule has 4 heterocycles. The fraction of sp³-hybridized carbons (Fsp3) is 0. The number of aromatic nitrogens is 4. The maximum Gasteiger partial charge on any atom is 0.490 e. The van der Waals surface area contributed by atoms with Crippen molar-refractivity contribution >= 4 is 34.4 Å². The van der Waals surface area contributed by atoms with Gasteiger partial charge in [-0.3, -0.25) is 9.97 Å². The zero-order valence-corrected chi connectivity index (χ0v) is 21.4. The molecule has 0 saturated heterocycles. The number of fused-ring (bicyclic) bond motifs is 3. The number of pyridine rings is 3. The lowest BCUT2D eigenvalue weighted by Crippen LogP contribution is -2.31. The average molecular weight is 518 g/mol. The first-order chi connectivity index (χ1) is 19.7. The first-order valence-corrected chi connectivity index (χ1v) is 13.0. The molecule has 0 aliphatic rings. The van der Waals surface area contributed by atoms with Gasteiger partial charge in [0, 0.05) is 34.3 Å². The van der Waals surface area contributed by atoms with Gasteiger partial charge in [-0.15, -0.1) is 0 Å². The molecule has 0 radical (unpaired) electrons. The van der Waals surface area contributed by atoms with Gasteiger partial charge in [-0.1, -0.05) is 60.7 Å². The van der Waals surface area contributed by atoms with E-state index in [4.69, 9.17) is 4.98 Å². The van der Waals surface area contributed by atoms with E-state index in [9.17, 15) is 10.0 Å². The zero-order valence-electron chi connectivity index (χ0n) is 21.4. The summed E-state index contributed by atoms with van der Waals surface area (Å²) in [7, 11) is -1.60. The van der Waals surface area contributed by atoms with E-state index in [1.807, 2.05) is 84.9 Å². The number of hydrogen-bond donors (Lipinski definition) is 2. The highest BCUT2D eigenvalue weighted by atomic mass is 16.4. The minimum Gasteiger partial charge on any atom is -0.423 e. The number of nitrogens with zero attached hydrogens (tertiary/aromatic N) is 4. The average Bonchev–Trinajstić information content (AvgIpc) is 3.36. The Morgan fingerprint density at radius 1 is 0.550 bits per heavy atom. The molecule has 3 aromatic carbocycles. The molecule has 7 rings (SSSR count). The molecule has 4 aromatic heterocycles. The number of para-hydroxylation sites is 2. The standard InChI is InChI=1S/C33H23BN4O2/c39-34(40)27-13-8-12-26-25-11-1-2-16-32(25)38(33(26)27)24-10-7-9-22(19-24)23-20-30(28-14-3-5-17-35-28)37-31(21-23)29-15-4-6-18-36-29/h1-21,39-40H. The van der Waals surface area contributed by atoms with E-state index in [2.05, 4.69) is 38.8 Å². The minimum atomic E-state index is -1.60. The maximum atomic E-state index is 10.3. The van der Waals surface area contributed by atoms with Gasteiger partial charge in [0.05, 0.1) is 33.8 Å². The zero-order chi connectivity index (χ0) is 27.1. The van der Waals surface area contributed by atoms with Gasteiger partial charge in [-0.05, 0) is 65.7 Å². The van der Waals surface area contributed by atoms with Crippen LogP contribution in [0.15, 0.2) is 128 Å². The Labute approximate surface area is 231 Å². The van der Waals surface area contributed by atoms with Crippen molar-refractivity contribution in [2.24, 2.45) is 0 Å². The number of hydrogen-bond acceptors (Lipinski definition) is 5. The van der Waals surface area contributed by atoms with E-state index in [1.54, 1.807) is 18.5 Å². The Kier molecular flexibility index (Phi) is 5.93. The van der Waals surface area contributed by atoms with E-state index < -0.39 is 7.12 Å². The maximum absolute atomic E-state index is 10.3. The van der Waals surface area contributed by atoms with Crippen LogP contribution in [0.25, 0.3) is 61.4 Å². The highest BCUT2D eigenvalue weighted by Gasteiger charge is 2.21. The summed E-state index contributed by atoms with van der Waals surface area (Å²) in [6, 6.07) is 37.7. The van der Waals surface area contributed by atoms with Crippen LogP contribution in [0, 0.1) is 0 Å². The predicted octanol–water partition coefficient (Wildman–Crippen LogP) is 5.65. The minimum absolute atomic E-state index is 0.456. The Morgan fingerprint density at radius 2 is 1.20 bits per heavy atom. The first-order valence-electron chi connectivity index (χ1n) is 13.0. The van der Waals surface area contributed by atoms with Crippen molar-refractivity contribution in [1.29, 1.82) is 0 Å². The summed E-state index contributed by atoms with van der Waals surface area (Å²) in [5.74, 6) is 0. The third kappa shape index (κ3) is 4.14. The normalized spacial score (nSPS) is 11.2.